The van der Waals surface area contributed by atoms with Gasteiger partial charge < -0.3 is 5.32 Å². The van der Waals surface area contributed by atoms with Crippen LogP contribution in [0.2, 0.25) is 0 Å². The summed E-state index contributed by atoms with van der Waals surface area (Å²) in [5.41, 5.74) is 1.10. The van der Waals surface area contributed by atoms with Crippen molar-refractivity contribution in [2.45, 2.75) is 56.9 Å². The first-order valence-corrected chi connectivity index (χ1v) is 13.3. The minimum Gasteiger partial charge on any atom is -0.349 e. The highest BCUT2D eigenvalue weighted by Gasteiger charge is 2.34. The number of aromatic nitrogens is 1. The highest BCUT2D eigenvalue weighted by atomic mass is 32.2. The molecular formula is C23H29N3O5S2. The lowest BCUT2D eigenvalue weighted by atomic mass is 9.87. The summed E-state index contributed by atoms with van der Waals surface area (Å²) in [6, 6.07) is 6.81. The molecule has 2 atom stereocenters. The summed E-state index contributed by atoms with van der Waals surface area (Å²) in [6.07, 6.45) is 3.93. The van der Waals surface area contributed by atoms with E-state index in [1.54, 1.807) is 32.0 Å². The third kappa shape index (κ3) is 6.55. The van der Waals surface area contributed by atoms with Gasteiger partial charge in [-0.2, -0.15) is 0 Å². The Morgan fingerprint density at radius 1 is 1.21 bits per heavy atom. The lowest BCUT2D eigenvalue weighted by Crippen LogP contribution is -2.46. The fraction of sp³-hybridized carbons (Fsp3) is 0.478. The molecule has 0 radical (unpaired) electrons. The minimum atomic E-state index is -3.92. The maximum Gasteiger partial charge on any atom is 0.287 e. The van der Waals surface area contributed by atoms with Gasteiger partial charge in [0.25, 0.3) is 5.91 Å². The van der Waals surface area contributed by atoms with Crippen molar-refractivity contribution in [3.05, 3.63) is 47.0 Å². The van der Waals surface area contributed by atoms with E-state index in [0.29, 0.717) is 25.8 Å². The zero-order chi connectivity index (χ0) is 24.0. The SMILES string of the molecule is CC(C)C(NS(=O)(=O)c1ccccc1)C(=O)CC1CCc2sncc2CCCNC(=O)C1=O. The molecule has 0 aliphatic carbocycles. The maximum absolute atomic E-state index is 13.2. The second kappa shape index (κ2) is 11.1. The number of carbonyl (C=O) groups is 3. The number of Topliss-reactive ketones (excluding diaryl/α,β-unsaturated/α-hetero) is 2. The van der Waals surface area contributed by atoms with Crippen LogP contribution >= 0.6 is 11.5 Å². The number of nitrogens with one attached hydrogen (secondary N) is 2. The van der Waals surface area contributed by atoms with Gasteiger partial charge in [-0.3, -0.25) is 14.4 Å². The van der Waals surface area contributed by atoms with Crippen LogP contribution in [0.4, 0.5) is 0 Å². The molecule has 10 heteroatoms. The number of rotatable bonds is 7. The molecule has 2 heterocycles. The van der Waals surface area contributed by atoms with Gasteiger partial charge in [0, 0.05) is 30.0 Å². The lowest BCUT2D eigenvalue weighted by molar-refractivity contribution is -0.141. The number of sulfonamides is 1. The molecule has 2 N–H and O–H groups in total. The molecule has 33 heavy (non-hydrogen) atoms. The first-order valence-electron chi connectivity index (χ1n) is 11.0. The van der Waals surface area contributed by atoms with Crippen LogP contribution in [0.15, 0.2) is 41.4 Å². The van der Waals surface area contributed by atoms with Crippen molar-refractivity contribution < 1.29 is 22.8 Å². The van der Waals surface area contributed by atoms with E-state index in [2.05, 4.69) is 14.4 Å². The number of aryl methyl sites for hydroxylation is 2. The maximum atomic E-state index is 13.2. The smallest absolute Gasteiger partial charge is 0.287 e. The highest BCUT2D eigenvalue weighted by Crippen LogP contribution is 2.24. The van der Waals surface area contributed by atoms with E-state index in [1.165, 1.54) is 23.7 Å². The average molecular weight is 492 g/mol. The Morgan fingerprint density at radius 3 is 2.64 bits per heavy atom. The normalized spacial score (nSPS) is 18.8. The monoisotopic (exact) mass is 491 g/mol. The molecule has 0 saturated heterocycles. The molecular weight excluding hydrogens is 462 g/mol. The fourth-order valence-electron chi connectivity index (χ4n) is 3.86. The Balaban J connectivity index is 1.79. The average Bonchev–Trinajstić information content (AvgIpc) is 3.23. The summed E-state index contributed by atoms with van der Waals surface area (Å²) in [7, 11) is -3.92. The standard InChI is InChI=1S/C23H29N3O5S2/c1-15(2)21(26-33(30,31)18-8-4-3-5-9-18)19(27)13-16-10-11-20-17(14-25-32-20)7-6-12-24-23(29)22(16)28/h3-5,8-9,14-16,21,26H,6-7,10-13H2,1-2H3,(H,24,29). The fourth-order valence-corrected chi connectivity index (χ4v) is 6.03. The van der Waals surface area contributed by atoms with Crippen molar-refractivity contribution in [1.82, 2.24) is 14.4 Å². The number of amides is 1. The second-order valence-corrected chi connectivity index (χ2v) is 11.2. The van der Waals surface area contributed by atoms with Crippen LogP contribution in [-0.2, 0) is 37.2 Å². The summed E-state index contributed by atoms with van der Waals surface area (Å²) in [5.74, 6) is -2.90. The summed E-state index contributed by atoms with van der Waals surface area (Å²) < 4.78 is 32.3. The van der Waals surface area contributed by atoms with Crippen LogP contribution in [0, 0.1) is 11.8 Å². The number of benzene rings is 1. The van der Waals surface area contributed by atoms with E-state index >= 15 is 0 Å². The van der Waals surface area contributed by atoms with E-state index in [0.717, 1.165) is 16.9 Å². The molecule has 1 aliphatic rings. The quantitative estimate of drug-likeness (QED) is 0.573. The highest BCUT2D eigenvalue weighted by molar-refractivity contribution is 7.89. The summed E-state index contributed by atoms with van der Waals surface area (Å²) in [4.78, 5) is 39.5. The third-order valence-corrected chi connectivity index (χ3v) is 8.10. The molecule has 1 aromatic carbocycles. The Morgan fingerprint density at radius 2 is 1.94 bits per heavy atom. The minimum absolute atomic E-state index is 0.0616. The van der Waals surface area contributed by atoms with Gasteiger partial charge in [-0.15, -0.1) is 0 Å². The number of hydrogen-bond donors (Lipinski definition) is 2. The summed E-state index contributed by atoms with van der Waals surface area (Å²) in [5, 5.41) is 2.64. The molecule has 1 aliphatic heterocycles. The Kier molecular flexibility index (Phi) is 8.50. The predicted molar refractivity (Wildman–Crippen MR) is 125 cm³/mol. The molecule has 1 amide bonds. The number of hydrogen-bond acceptors (Lipinski definition) is 7. The predicted octanol–water partition coefficient (Wildman–Crippen LogP) is 2.29. The van der Waals surface area contributed by atoms with Gasteiger partial charge in [-0.05, 0) is 60.8 Å². The molecule has 3 rings (SSSR count). The molecule has 2 unspecified atom stereocenters. The van der Waals surface area contributed by atoms with E-state index in [1.807, 2.05) is 6.20 Å². The Labute approximate surface area is 198 Å². The Hall–Kier alpha value is -2.43. The summed E-state index contributed by atoms with van der Waals surface area (Å²) >= 11 is 1.37. The van der Waals surface area contributed by atoms with Crippen molar-refractivity contribution in [3.63, 3.8) is 0 Å². The molecule has 0 saturated carbocycles. The first-order chi connectivity index (χ1) is 15.7. The van der Waals surface area contributed by atoms with E-state index in [4.69, 9.17) is 0 Å². The van der Waals surface area contributed by atoms with Crippen LogP contribution < -0.4 is 10.0 Å². The molecule has 0 fully saturated rings. The van der Waals surface area contributed by atoms with Gasteiger partial charge in [0.05, 0.1) is 10.9 Å². The van der Waals surface area contributed by atoms with Gasteiger partial charge in [0.15, 0.2) is 5.78 Å². The molecule has 0 bridgehead atoms. The lowest BCUT2D eigenvalue weighted by Gasteiger charge is -2.23. The first kappa shape index (κ1) is 25.2. The van der Waals surface area contributed by atoms with E-state index < -0.39 is 39.5 Å². The van der Waals surface area contributed by atoms with Crippen LogP contribution in [0.1, 0.15) is 43.6 Å². The van der Waals surface area contributed by atoms with Gasteiger partial charge >= 0.3 is 0 Å². The van der Waals surface area contributed by atoms with Crippen molar-refractivity contribution in [2.75, 3.05) is 6.54 Å². The van der Waals surface area contributed by atoms with E-state index in [9.17, 15) is 22.8 Å². The van der Waals surface area contributed by atoms with Gasteiger partial charge in [-0.25, -0.2) is 17.5 Å². The molecule has 0 spiro atoms. The van der Waals surface area contributed by atoms with Crippen LogP contribution in [0.5, 0.6) is 0 Å². The zero-order valence-corrected chi connectivity index (χ0v) is 20.4. The largest absolute Gasteiger partial charge is 0.349 e. The van der Waals surface area contributed by atoms with Gasteiger partial charge in [0.2, 0.25) is 15.8 Å². The number of fused-ring (bicyclic) bond motifs is 1. The van der Waals surface area contributed by atoms with Crippen LogP contribution in [-0.4, -0.2) is 42.9 Å². The van der Waals surface area contributed by atoms with Crippen LogP contribution in [0.3, 0.4) is 0 Å². The molecule has 2 aromatic rings. The second-order valence-electron chi connectivity index (χ2n) is 8.56. The van der Waals surface area contributed by atoms with Crippen LogP contribution in [0.25, 0.3) is 0 Å². The number of ketones is 2. The zero-order valence-electron chi connectivity index (χ0n) is 18.7. The van der Waals surface area contributed by atoms with E-state index in [-0.39, 0.29) is 17.2 Å². The van der Waals surface area contributed by atoms with Crippen molar-refractivity contribution in [3.8, 4) is 0 Å². The van der Waals surface area contributed by atoms with Crippen molar-refractivity contribution >= 4 is 39.0 Å². The molecule has 8 nitrogen and oxygen atoms in total. The van der Waals surface area contributed by atoms with Crippen molar-refractivity contribution in [1.29, 1.82) is 0 Å². The van der Waals surface area contributed by atoms with Gasteiger partial charge in [0.1, 0.15) is 0 Å². The topological polar surface area (TPSA) is 122 Å². The third-order valence-electron chi connectivity index (χ3n) is 5.75. The number of carbonyl (C=O) groups excluding carboxylic acids is 3. The van der Waals surface area contributed by atoms with Crippen molar-refractivity contribution in [2.24, 2.45) is 11.8 Å². The summed E-state index contributed by atoms with van der Waals surface area (Å²) in [6.45, 7) is 3.85. The Bertz CT molecular complexity index is 1100. The molecule has 1 aromatic heterocycles. The van der Waals surface area contributed by atoms with Gasteiger partial charge in [-0.1, -0.05) is 32.0 Å². The number of nitrogens with zero attached hydrogens (tertiary/aromatic N) is 1. The molecule has 178 valence electrons.